The van der Waals surface area contributed by atoms with Crippen molar-refractivity contribution >= 4 is 55.4 Å². The third-order valence-electron chi connectivity index (χ3n) is 6.00. The van der Waals surface area contributed by atoms with E-state index in [0.717, 1.165) is 9.87 Å². The lowest BCUT2D eigenvalue weighted by molar-refractivity contribution is -0.119. The number of nitrogens with zero attached hydrogens (tertiary/aromatic N) is 2. The van der Waals surface area contributed by atoms with Crippen LogP contribution in [0.2, 0.25) is 5.02 Å². The van der Waals surface area contributed by atoms with Crippen LogP contribution >= 0.6 is 27.5 Å². The van der Waals surface area contributed by atoms with Gasteiger partial charge in [-0.05, 0) is 82.5 Å². The minimum atomic E-state index is -4.18. The monoisotopic (exact) mass is 685 g/mol. The number of anilines is 1. The molecule has 4 aromatic carbocycles. The van der Waals surface area contributed by atoms with E-state index in [4.69, 9.17) is 25.8 Å². The number of hydrazone groups is 1. The van der Waals surface area contributed by atoms with E-state index >= 15 is 0 Å². The number of carbonyl (C=O) groups excluding carboxylic acids is 1. The molecule has 0 bridgehead atoms. The first-order chi connectivity index (χ1) is 20.7. The zero-order valence-electron chi connectivity index (χ0n) is 23.4. The van der Waals surface area contributed by atoms with Crippen LogP contribution in [0.1, 0.15) is 18.1 Å². The summed E-state index contributed by atoms with van der Waals surface area (Å²) in [7, 11) is -2.66. The van der Waals surface area contributed by atoms with Gasteiger partial charge in [0.1, 0.15) is 18.9 Å². The van der Waals surface area contributed by atoms with Gasteiger partial charge in [0.05, 0.1) is 35.0 Å². The molecule has 0 aliphatic rings. The van der Waals surface area contributed by atoms with Gasteiger partial charge in [-0.2, -0.15) is 5.10 Å². The second-order valence-electron chi connectivity index (χ2n) is 8.97. The zero-order chi connectivity index (χ0) is 30.8. The van der Waals surface area contributed by atoms with Crippen molar-refractivity contribution in [1.29, 1.82) is 0 Å². The van der Waals surface area contributed by atoms with Gasteiger partial charge in [0, 0.05) is 5.02 Å². The summed E-state index contributed by atoms with van der Waals surface area (Å²) in [6.07, 6.45) is 1.42. The molecule has 0 atom stereocenters. The normalized spacial score (nSPS) is 11.3. The standard InChI is InChI=1S/C31H29BrClN3O6S/c1-3-41-28-12-8-7-11-27(28)36(43(38,39)25-15-13-24(33)14-16-25)20-30(37)35-34-19-23-17-26(32)31(29(18-23)40-2)42-21-22-9-5-4-6-10-22/h4-19H,3,20-21H2,1-2H3,(H,35,37)/b34-19-. The van der Waals surface area contributed by atoms with Gasteiger partial charge < -0.3 is 14.2 Å². The Balaban J connectivity index is 1.52. The van der Waals surface area contributed by atoms with Gasteiger partial charge in [-0.1, -0.05) is 54.1 Å². The van der Waals surface area contributed by atoms with Crippen LogP contribution in [-0.4, -0.2) is 40.8 Å². The number of amides is 1. The van der Waals surface area contributed by atoms with Crippen molar-refractivity contribution in [2.24, 2.45) is 5.10 Å². The molecule has 1 amide bonds. The highest BCUT2D eigenvalue weighted by atomic mass is 79.9. The van der Waals surface area contributed by atoms with Gasteiger partial charge in [-0.3, -0.25) is 9.10 Å². The summed E-state index contributed by atoms with van der Waals surface area (Å²) < 4.78 is 46.1. The van der Waals surface area contributed by atoms with E-state index < -0.39 is 22.5 Å². The fraction of sp³-hybridized carbons (Fsp3) is 0.161. The van der Waals surface area contributed by atoms with Crippen molar-refractivity contribution in [3.05, 3.63) is 112 Å². The number of methoxy groups -OCH3 is 1. The van der Waals surface area contributed by atoms with Gasteiger partial charge in [0.15, 0.2) is 11.5 Å². The van der Waals surface area contributed by atoms with Crippen LogP contribution in [0.5, 0.6) is 17.2 Å². The van der Waals surface area contributed by atoms with Gasteiger partial charge in [0.25, 0.3) is 15.9 Å². The predicted molar refractivity (Wildman–Crippen MR) is 171 cm³/mol. The molecule has 0 radical (unpaired) electrons. The summed E-state index contributed by atoms with van der Waals surface area (Å²) in [4.78, 5) is 13.0. The molecular formula is C31H29BrClN3O6S. The number of halogens is 2. The maximum atomic E-state index is 13.7. The largest absolute Gasteiger partial charge is 0.493 e. The van der Waals surface area contributed by atoms with Crippen molar-refractivity contribution in [3.63, 3.8) is 0 Å². The van der Waals surface area contributed by atoms with Crippen molar-refractivity contribution in [1.82, 2.24) is 5.43 Å². The summed E-state index contributed by atoms with van der Waals surface area (Å²) in [5, 5.41) is 4.42. The molecule has 12 heteroatoms. The highest BCUT2D eigenvalue weighted by Crippen LogP contribution is 2.37. The molecule has 0 saturated carbocycles. The van der Waals surface area contributed by atoms with Crippen LogP contribution in [0.3, 0.4) is 0 Å². The quantitative estimate of drug-likeness (QED) is 0.128. The summed E-state index contributed by atoms with van der Waals surface area (Å²) >= 11 is 9.48. The third-order valence-corrected chi connectivity index (χ3v) is 8.62. The van der Waals surface area contributed by atoms with E-state index in [-0.39, 0.29) is 10.6 Å². The molecule has 0 saturated heterocycles. The highest BCUT2D eigenvalue weighted by Gasteiger charge is 2.29. The van der Waals surface area contributed by atoms with Gasteiger partial charge >= 0.3 is 0 Å². The van der Waals surface area contributed by atoms with Crippen molar-refractivity contribution in [2.75, 3.05) is 24.6 Å². The zero-order valence-corrected chi connectivity index (χ0v) is 26.5. The first-order valence-corrected chi connectivity index (χ1v) is 15.7. The Morgan fingerprint density at radius 2 is 1.67 bits per heavy atom. The van der Waals surface area contributed by atoms with Gasteiger partial charge in [-0.15, -0.1) is 0 Å². The fourth-order valence-corrected chi connectivity index (χ4v) is 6.13. The molecule has 4 rings (SSSR count). The first kappa shape index (κ1) is 31.9. The smallest absolute Gasteiger partial charge is 0.264 e. The van der Waals surface area contributed by atoms with Crippen molar-refractivity contribution < 1.29 is 27.4 Å². The highest BCUT2D eigenvalue weighted by molar-refractivity contribution is 9.10. The topological polar surface area (TPSA) is 107 Å². The van der Waals surface area contributed by atoms with E-state index in [0.29, 0.717) is 45.5 Å². The maximum absolute atomic E-state index is 13.7. The van der Waals surface area contributed by atoms with Crippen LogP contribution in [0.25, 0.3) is 0 Å². The molecule has 0 unspecified atom stereocenters. The summed E-state index contributed by atoms with van der Waals surface area (Å²) in [6.45, 7) is 1.87. The summed E-state index contributed by atoms with van der Waals surface area (Å²) in [5.74, 6) is 0.619. The second-order valence-corrected chi connectivity index (χ2v) is 12.1. The van der Waals surface area contributed by atoms with E-state index in [1.165, 1.54) is 37.6 Å². The number of hydrogen-bond acceptors (Lipinski definition) is 7. The molecule has 0 fully saturated rings. The van der Waals surface area contributed by atoms with Crippen LogP contribution in [0, 0.1) is 0 Å². The number of rotatable bonds is 13. The van der Waals surface area contributed by atoms with Gasteiger partial charge in [0.2, 0.25) is 0 Å². The van der Waals surface area contributed by atoms with Crippen LogP contribution in [0.4, 0.5) is 5.69 Å². The lowest BCUT2D eigenvalue weighted by atomic mass is 10.2. The summed E-state index contributed by atoms with van der Waals surface area (Å²) in [5.41, 5.74) is 4.22. The van der Waals surface area contributed by atoms with Gasteiger partial charge in [-0.25, -0.2) is 13.8 Å². The molecule has 0 aliphatic heterocycles. The summed E-state index contributed by atoms with van der Waals surface area (Å²) in [6, 6.07) is 25.5. The number of benzene rings is 4. The first-order valence-electron chi connectivity index (χ1n) is 13.1. The fourth-order valence-electron chi connectivity index (χ4n) is 4.00. The number of sulfonamides is 1. The molecule has 1 N–H and O–H groups in total. The third kappa shape index (κ3) is 8.28. The molecule has 43 heavy (non-hydrogen) atoms. The average Bonchev–Trinajstić information content (AvgIpc) is 3.00. The molecule has 0 heterocycles. The van der Waals surface area contributed by atoms with Crippen molar-refractivity contribution in [3.8, 4) is 17.2 Å². The molecule has 224 valence electrons. The number of carbonyl (C=O) groups is 1. The Morgan fingerprint density at radius 1 is 0.977 bits per heavy atom. The maximum Gasteiger partial charge on any atom is 0.264 e. The number of nitrogens with one attached hydrogen (secondary N) is 1. The lowest BCUT2D eigenvalue weighted by Gasteiger charge is -2.25. The number of hydrogen-bond donors (Lipinski definition) is 1. The molecule has 4 aromatic rings. The average molecular weight is 687 g/mol. The van der Waals surface area contributed by atoms with E-state index in [1.807, 2.05) is 30.3 Å². The Hall–Kier alpha value is -4.06. The molecule has 9 nitrogen and oxygen atoms in total. The minimum absolute atomic E-state index is 0.0361. The minimum Gasteiger partial charge on any atom is -0.493 e. The van der Waals surface area contributed by atoms with E-state index in [1.54, 1.807) is 43.3 Å². The Morgan fingerprint density at radius 3 is 2.37 bits per heavy atom. The van der Waals surface area contributed by atoms with Crippen LogP contribution in [-0.2, 0) is 21.4 Å². The molecule has 0 aromatic heterocycles. The second kappa shape index (κ2) is 14.9. The SMILES string of the molecule is CCOc1ccccc1N(CC(=O)N/N=C\c1cc(Br)c(OCc2ccccc2)c(OC)c1)S(=O)(=O)c1ccc(Cl)cc1. The van der Waals surface area contributed by atoms with Crippen molar-refractivity contribution in [2.45, 2.75) is 18.4 Å². The predicted octanol–water partition coefficient (Wildman–Crippen LogP) is 6.43. The Labute approximate surface area is 264 Å². The molecule has 0 spiro atoms. The van der Waals surface area contributed by atoms with Crippen LogP contribution in [0.15, 0.2) is 105 Å². The molecular weight excluding hydrogens is 658 g/mol. The van der Waals surface area contributed by atoms with Crippen LogP contribution < -0.4 is 23.9 Å². The number of ether oxygens (including phenoxy) is 3. The number of para-hydroxylation sites is 2. The Kier molecular flexibility index (Phi) is 11.0. The van der Waals surface area contributed by atoms with E-state index in [2.05, 4.69) is 26.5 Å². The van der Waals surface area contributed by atoms with E-state index in [9.17, 15) is 13.2 Å². The molecule has 0 aliphatic carbocycles. The Bertz CT molecular complexity index is 1690. The lowest BCUT2D eigenvalue weighted by Crippen LogP contribution is -2.39.